The summed E-state index contributed by atoms with van der Waals surface area (Å²) in [5, 5.41) is 5.42. The molecule has 174 valence electrons. The predicted octanol–water partition coefficient (Wildman–Crippen LogP) is 4.58. The zero-order valence-electron chi connectivity index (χ0n) is 18.7. The average Bonchev–Trinajstić information content (AvgIpc) is 3.41. The minimum atomic E-state index is -0.404. The molecule has 5 rings (SSSR count). The van der Waals surface area contributed by atoms with Gasteiger partial charge < -0.3 is 9.80 Å². The molecule has 1 aliphatic rings. The van der Waals surface area contributed by atoms with Gasteiger partial charge in [-0.3, -0.25) is 9.59 Å². The molecule has 1 saturated heterocycles. The van der Waals surface area contributed by atoms with Crippen LogP contribution in [0.2, 0.25) is 0 Å². The van der Waals surface area contributed by atoms with Gasteiger partial charge >= 0.3 is 0 Å². The van der Waals surface area contributed by atoms with E-state index in [2.05, 4.69) is 5.10 Å². The molecule has 1 fully saturated rings. The number of amides is 2. The van der Waals surface area contributed by atoms with Gasteiger partial charge in [0.05, 0.1) is 16.3 Å². The van der Waals surface area contributed by atoms with Crippen LogP contribution >= 0.6 is 11.3 Å². The molecule has 9 heteroatoms. The van der Waals surface area contributed by atoms with Crippen LogP contribution in [0.25, 0.3) is 15.9 Å². The fraction of sp³-hybridized carbons (Fsp3) is 0.240. The second-order valence-corrected chi connectivity index (χ2v) is 9.38. The molecule has 2 amide bonds. The van der Waals surface area contributed by atoms with E-state index in [1.807, 2.05) is 13.0 Å². The first-order chi connectivity index (χ1) is 16.3. The highest BCUT2D eigenvalue weighted by Gasteiger charge is 2.27. The van der Waals surface area contributed by atoms with E-state index in [4.69, 9.17) is 0 Å². The number of thiophene rings is 1. The first-order valence-electron chi connectivity index (χ1n) is 10.9. The Morgan fingerprint density at radius 3 is 2.18 bits per heavy atom. The highest BCUT2D eigenvalue weighted by atomic mass is 32.1. The number of rotatable bonds is 3. The highest BCUT2D eigenvalue weighted by Crippen LogP contribution is 2.31. The minimum absolute atomic E-state index is 0.0975. The van der Waals surface area contributed by atoms with Crippen LogP contribution in [-0.4, -0.2) is 57.6 Å². The second-order valence-electron chi connectivity index (χ2n) is 8.35. The number of carbonyl (C=O) groups excluding carboxylic acids is 2. The van der Waals surface area contributed by atoms with Crippen molar-refractivity contribution in [2.75, 3.05) is 26.2 Å². The summed E-state index contributed by atoms with van der Waals surface area (Å²) in [6.07, 6.45) is 0. The molecule has 34 heavy (non-hydrogen) atoms. The Morgan fingerprint density at radius 2 is 1.53 bits per heavy atom. The quantitative estimate of drug-likeness (QED) is 0.431. The van der Waals surface area contributed by atoms with Crippen LogP contribution in [0.5, 0.6) is 0 Å². The summed E-state index contributed by atoms with van der Waals surface area (Å²) >= 11 is 1.35. The van der Waals surface area contributed by atoms with Gasteiger partial charge in [0, 0.05) is 37.1 Å². The largest absolute Gasteiger partial charge is 0.335 e. The number of aryl methyl sites for hydroxylation is 2. The summed E-state index contributed by atoms with van der Waals surface area (Å²) < 4.78 is 28.9. The fourth-order valence-corrected chi connectivity index (χ4v) is 5.24. The van der Waals surface area contributed by atoms with Crippen LogP contribution in [-0.2, 0) is 0 Å². The Kier molecular flexibility index (Phi) is 5.65. The lowest BCUT2D eigenvalue weighted by molar-refractivity contribution is 0.0538. The Labute approximate surface area is 199 Å². The summed E-state index contributed by atoms with van der Waals surface area (Å²) in [4.78, 5) is 30.7. The molecule has 3 heterocycles. The van der Waals surface area contributed by atoms with Gasteiger partial charge in [0.15, 0.2) is 0 Å². The van der Waals surface area contributed by atoms with Crippen LogP contribution in [0.15, 0.2) is 48.5 Å². The molecule has 0 radical (unpaired) electrons. The Morgan fingerprint density at radius 1 is 0.882 bits per heavy atom. The molecule has 1 aliphatic heterocycles. The third-order valence-electron chi connectivity index (χ3n) is 6.10. The Balaban J connectivity index is 1.31. The molecule has 0 N–H and O–H groups in total. The number of aromatic nitrogens is 2. The standard InChI is InChI=1S/C25H22F2N4O2S/c1-15-3-4-17(13-21(15)27)23(32)29-9-11-30(12-10-29)24(33)22-14-20-16(2)28-31(25(20)34-22)19-7-5-18(26)6-8-19/h3-8,13-14H,9-12H2,1-2H3. The lowest BCUT2D eigenvalue weighted by Crippen LogP contribution is -2.50. The molecule has 0 bridgehead atoms. The van der Waals surface area contributed by atoms with Crippen molar-refractivity contribution in [2.45, 2.75) is 13.8 Å². The third-order valence-corrected chi connectivity index (χ3v) is 7.20. The van der Waals surface area contributed by atoms with Gasteiger partial charge in [-0.25, -0.2) is 13.5 Å². The fourth-order valence-electron chi connectivity index (χ4n) is 4.09. The monoisotopic (exact) mass is 480 g/mol. The summed E-state index contributed by atoms with van der Waals surface area (Å²) in [7, 11) is 0. The van der Waals surface area contributed by atoms with Gasteiger partial charge in [-0.1, -0.05) is 6.07 Å². The van der Waals surface area contributed by atoms with Crippen LogP contribution in [0.1, 0.15) is 31.3 Å². The molecular weight excluding hydrogens is 458 g/mol. The number of benzene rings is 2. The van der Waals surface area contributed by atoms with Crippen LogP contribution < -0.4 is 0 Å². The molecule has 0 unspecified atom stereocenters. The van der Waals surface area contributed by atoms with Crippen LogP contribution in [0.3, 0.4) is 0 Å². The average molecular weight is 481 g/mol. The molecule has 6 nitrogen and oxygen atoms in total. The van der Waals surface area contributed by atoms with E-state index in [1.54, 1.807) is 45.7 Å². The lowest BCUT2D eigenvalue weighted by atomic mass is 10.1. The van der Waals surface area contributed by atoms with E-state index in [9.17, 15) is 18.4 Å². The van der Waals surface area contributed by atoms with E-state index in [-0.39, 0.29) is 17.6 Å². The summed E-state index contributed by atoms with van der Waals surface area (Å²) in [5.41, 5.74) is 2.32. The van der Waals surface area contributed by atoms with E-state index in [1.165, 1.54) is 29.5 Å². The van der Waals surface area contributed by atoms with Gasteiger partial charge in [-0.15, -0.1) is 11.3 Å². The number of carbonyl (C=O) groups is 2. The molecule has 0 spiro atoms. The number of fused-ring (bicyclic) bond motifs is 1. The molecule has 4 aromatic rings. The van der Waals surface area contributed by atoms with Crippen molar-refractivity contribution in [2.24, 2.45) is 0 Å². The van der Waals surface area contributed by atoms with Crippen molar-refractivity contribution in [3.8, 4) is 5.69 Å². The van der Waals surface area contributed by atoms with Gasteiger partial charge in [0.1, 0.15) is 16.5 Å². The Hall–Kier alpha value is -3.59. The van der Waals surface area contributed by atoms with Crippen molar-refractivity contribution < 1.29 is 18.4 Å². The SMILES string of the molecule is Cc1ccc(C(=O)N2CCN(C(=O)c3cc4c(C)nn(-c5ccc(F)cc5)c4s3)CC2)cc1F. The maximum absolute atomic E-state index is 13.9. The van der Waals surface area contributed by atoms with Crippen LogP contribution in [0.4, 0.5) is 8.78 Å². The molecule has 0 saturated carbocycles. The van der Waals surface area contributed by atoms with Crippen molar-refractivity contribution >= 4 is 33.4 Å². The minimum Gasteiger partial charge on any atom is -0.335 e. The summed E-state index contributed by atoms with van der Waals surface area (Å²) in [6, 6.07) is 12.4. The number of hydrogen-bond acceptors (Lipinski definition) is 4. The zero-order chi connectivity index (χ0) is 24.0. The zero-order valence-corrected chi connectivity index (χ0v) is 19.5. The lowest BCUT2D eigenvalue weighted by Gasteiger charge is -2.34. The smallest absolute Gasteiger partial charge is 0.264 e. The van der Waals surface area contributed by atoms with E-state index in [0.29, 0.717) is 42.2 Å². The van der Waals surface area contributed by atoms with Crippen LogP contribution in [0, 0.1) is 25.5 Å². The molecule has 2 aromatic heterocycles. The number of hydrogen-bond donors (Lipinski definition) is 0. The van der Waals surface area contributed by atoms with Crippen molar-refractivity contribution in [3.05, 3.63) is 81.9 Å². The third kappa shape index (κ3) is 3.96. The summed E-state index contributed by atoms with van der Waals surface area (Å²) in [5.74, 6) is -1.06. The van der Waals surface area contributed by atoms with Crippen molar-refractivity contribution in [3.63, 3.8) is 0 Å². The normalized spacial score (nSPS) is 14.1. The maximum Gasteiger partial charge on any atom is 0.264 e. The number of nitrogens with zero attached hydrogens (tertiary/aromatic N) is 4. The van der Waals surface area contributed by atoms with Gasteiger partial charge in [0.2, 0.25) is 0 Å². The van der Waals surface area contributed by atoms with Gasteiger partial charge in [0.25, 0.3) is 11.8 Å². The Bertz CT molecular complexity index is 1400. The number of piperazine rings is 1. The number of halogens is 2. The summed E-state index contributed by atoms with van der Waals surface area (Å²) in [6.45, 7) is 5.09. The van der Waals surface area contributed by atoms with Gasteiger partial charge in [-0.05, 0) is 61.9 Å². The van der Waals surface area contributed by atoms with E-state index in [0.717, 1.165) is 21.6 Å². The second kappa shape index (κ2) is 8.64. The van der Waals surface area contributed by atoms with E-state index < -0.39 is 5.82 Å². The van der Waals surface area contributed by atoms with Gasteiger partial charge in [-0.2, -0.15) is 5.10 Å². The first kappa shape index (κ1) is 22.2. The first-order valence-corrected chi connectivity index (χ1v) is 11.7. The maximum atomic E-state index is 13.9. The van der Waals surface area contributed by atoms with E-state index >= 15 is 0 Å². The highest BCUT2D eigenvalue weighted by molar-refractivity contribution is 7.20. The molecule has 0 aliphatic carbocycles. The predicted molar refractivity (Wildman–Crippen MR) is 127 cm³/mol. The van der Waals surface area contributed by atoms with Crippen molar-refractivity contribution in [1.82, 2.24) is 19.6 Å². The molecule has 2 aromatic carbocycles. The molecule has 0 atom stereocenters. The van der Waals surface area contributed by atoms with Crippen molar-refractivity contribution in [1.29, 1.82) is 0 Å². The molecular formula is C25H22F2N4O2S. The topological polar surface area (TPSA) is 58.4 Å².